The van der Waals surface area contributed by atoms with E-state index >= 15 is 0 Å². The van der Waals surface area contributed by atoms with Crippen molar-refractivity contribution in [1.29, 1.82) is 0 Å². The maximum absolute atomic E-state index is 11.7. The number of carbonyl (C=O) groups excluding carboxylic acids is 10. The largest absolute Gasteiger partial charge is 0.468 e. The molecule has 15 nitrogen and oxygen atoms in total. The second-order valence-corrected chi connectivity index (χ2v) is 26.8. The van der Waals surface area contributed by atoms with Crippen LogP contribution in [-0.4, -0.2) is 91.0 Å². The van der Waals surface area contributed by atoms with Crippen molar-refractivity contribution in [3.63, 3.8) is 0 Å². The molecule has 0 aliphatic rings. The molecule has 0 N–H and O–H groups in total. The van der Waals surface area contributed by atoms with Crippen LogP contribution in [0.4, 0.5) is 0 Å². The predicted molar refractivity (Wildman–Crippen MR) is 344 cm³/mol. The molecular formula is C59H63BrCl4O15S5. The first kappa shape index (κ1) is 77.2. The molecule has 0 saturated heterocycles. The summed E-state index contributed by atoms with van der Waals surface area (Å²) in [6.45, 7) is 13.5. The van der Waals surface area contributed by atoms with Gasteiger partial charge in [0.15, 0.2) is 25.6 Å². The van der Waals surface area contributed by atoms with E-state index in [9.17, 15) is 47.9 Å². The molecule has 0 spiro atoms. The smallest absolute Gasteiger partial charge is 0.323 e. The van der Waals surface area contributed by atoms with Gasteiger partial charge in [-0.3, -0.25) is 47.9 Å². The lowest BCUT2D eigenvalue weighted by Gasteiger charge is -2.20. The number of esters is 5. The van der Waals surface area contributed by atoms with Crippen LogP contribution < -0.4 is 0 Å². The molecule has 5 aromatic rings. The summed E-state index contributed by atoms with van der Waals surface area (Å²) in [4.78, 5) is 113. The van der Waals surface area contributed by atoms with E-state index in [1.54, 1.807) is 78.9 Å². The van der Waals surface area contributed by atoms with Crippen molar-refractivity contribution < 1.29 is 71.6 Å². The van der Waals surface area contributed by atoms with Crippen LogP contribution in [0.3, 0.4) is 0 Å². The third-order valence-corrected chi connectivity index (χ3v) is 17.2. The Bertz CT molecular complexity index is 2960. The highest BCUT2D eigenvalue weighted by atomic mass is 79.9. The second-order valence-electron chi connectivity index (χ2n) is 17.8. The Hall–Kier alpha value is -4.81. The molecule has 5 aromatic carbocycles. The Morgan fingerprint density at radius 1 is 0.369 bits per heavy atom. The Labute approximate surface area is 539 Å². The van der Waals surface area contributed by atoms with Gasteiger partial charge in [-0.05, 0) is 87.3 Å². The van der Waals surface area contributed by atoms with Gasteiger partial charge in [-0.25, -0.2) is 0 Å². The van der Waals surface area contributed by atoms with Gasteiger partial charge < -0.3 is 23.7 Å². The van der Waals surface area contributed by atoms with Gasteiger partial charge in [0, 0.05) is 49.1 Å². The summed E-state index contributed by atoms with van der Waals surface area (Å²) in [6, 6.07) is 33.4. The van der Waals surface area contributed by atoms with Crippen LogP contribution in [0, 0.1) is 0 Å². The van der Waals surface area contributed by atoms with Crippen molar-refractivity contribution in [3.05, 3.63) is 173 Å². The maximum atomic E-state index is 11.7. The van der Waals surface area contributed by atoms with Gasteiger partial charge in [-0.15, -0.1) is 0 Å². The molecule has 0 aliphatic heterocycles. The number of ether oxygens (including phenoxy) is 5. The molecule has 0 fully saturated rings. The summed E-state index contributed by atoms with van der Waals surface area (Å²) in [5, 5.41) is -1.99. The highest BCUT2D eigenvalue weighted by Gasteiger charge is 2.28. The average molecular weight is 1390 g/mol. The second kappa shape index (κ2) is 39.8. The van der Waals surface area contributed by atoms with E-state index < -0.39 is 56.1 Å². The van der Waals surface area contributed by atoms with E-state index in [1.807, 2.05) is 36.4 Å². The van der Waals surface area contributed by atoms with Crippen molar-refractivity contribution >= 4 is 177 Å². The van der Waals surface area contributed by atoms with Crippen molar-refractivity contribution in [2.24, 2.45) is 0 Å². The summed E-state index contributed by atoms with van der Waals surface area (Å²) < 4.78 is 24.3. The van der Waals surface area contributed by atoms with Crippen LogP contribution >= 0.6 is 121 Å². The number of thioether (sulfide) groups is 5. The van der Waals surface area contributed by atoms with E-state index in [1.165, 1.54) is 75.7 Å². The molecule has 5 atom stereocenters. The lowest BCUT2D eigenvalue weighted by Crippen LogP contribution is -2.14. The number of rotatable bonds is 15. The van der Waals surface area contributed by atoms with Crippen LogP contribution in [0.1, 0.15) is 115 Å². The maximum Gasteiger partial charge on any atom is 0.323 e. The first-order valence-electron chi connectivity index (χ1n) is 24.4. The van der Waals surface area contributed by atoms with E-state index in [2.05, 4.69) is 55.6 Å². The minimum Gasteiger partial charge on any atom is -0.468 e. The number of carbonyl (C=O) groups is 10. The van der Waals surface area contributed by atoms with Crippen LogP contribution in [-0.2, 0) is 77.0 Å². The quantitative estimate of drug-likeness (QED) is 0.0703. The molecule has 0 aliphatic carbocycles. The molecule has 0 aromatic heterocycles. The molecular weight excluding hydrogens is 1330 g/mol. The van der Waals surface area contributed by atoms with Crippen molar-refractivity contribution in [2.75, 3.05) is 35.5 Å². The number of methoxy groups -OCH3 is 5. The minimum atomic E-state index is -0.715. The van der Waals surface area contributed by atoms with Crippen molar-refractivity contribution in [1.82, 2.24) is 0 Å². The van der Waals surface area contributed by atoms with Gasteiger partial charge >= 0.3 is 29.8 Å². The topological polar surface area (TPSA) is 217 Å². The first-order chi connectivity index (χ1) is 39.3. The van der Waals surface area contributed by atoms with Crippen molar-refractivity contribution in [3.8, 4) is 0 Å². The number of halogens is 5. The van der Waals surface area contributed by atoms with Crippen molar-refractivity contribution in [2.45, 2.75) is 87.1 Å². The van der Waals surface area contributed by atoms with Gasteiger partial charge in [0.2, 0.25) is 0 Å². The zero-order valence-corrected chi connectivity index (χ0v) is 56.6. The highest BCUT2D eigenvalue weighted by Crippen LogP contribution is 2.37. The van der Waals surface area contributed by atoms with Gasteiger partial charge in [0.25, 0.3) is 0 Å². The van der Waals surface area contributed by atoms with E-state index in [0.717, 1.165) is 74.4 Å². The summed E-state index contributed by atoms with van der Waals surface area (Å²) in [7, 11) is 6.51. The summed E-state index contributed by atoms with van der Waals surface area (Å²) in [6.07, 6.45) is 0. The summed E-state index contributed by atoms with van der Waals surface area (Å²) in [5.41, 5.74) is 4.76. The predicted octanol–water partition coefficient (Wildman–Crippen LogP) is 15.6. The zero-order valence-electron chi connectivity index (χ0n) is 47.9. The monoisotopic (exact) mass is 1390 g/mol. The normalized spacial score (nSPS) is 12.2. The average Bonchev–Trinajstić information content (AvgIpc) is 3.46. The number of benzene rings is 5. The van der Waals surface area contributed by atoms with E-state index in [-0.39, 0.29) is 31.0 Å². The zero-order chi connectivity index (χ0) is 64.0. The molecule has 0 saturated carbocycles. The van der Waals surface area contributed by atoms with E-state index in [4.69, 9.17) is 51.1 Å². The van der Waals surface area contributed by atoms with Gasteiger partial charge in [0.05, 0.1) is 45.6 Å². The Balaban J connectivity index is 0.000000526. The number of hydrogen-bond donors (Lipinski definition) is 0. The molecule has 454 valence electrons. The molecule has 0 radical (unpaired) electrons. The summed E-state index contributed by atoms with van der Waals surface area (Å²) in [5.74, 6) is -2.21. The van der Waals surface area contributed by atoms with Gasteiger partial charge in [-0.1, -0.05) is 209 Å². The van der Waals surface area contributed by atoms with Crippen LogP contribution in [0.5, 0.6) is 0 Å². The Kier molecular flexibility index (Phi) is 36.6. The minimum absolute atomic E-state index is 0.0625. The Morgan fingerprint density at radius 3 is 0.940 bits per heavy atom. The lowest BCUT2D eigenvalue weighted by atomic mass is 9.86. The highest BCUT2D eigenvalue weighted by molar-refractivity contribution is 9.10. The molecule has 5 rings (SSSR count). The third-order valence-electron chi connectivity index (χ3n) is 10.3. The molecule has 84 heavy (non-hydrogen) atoms. The van der Waals surface area contributed by atoms with Crippen LogP contribution in [0.15, 0.2) is 120 Å². The molecule has 5 unspecified atom stereocenters. The Morgan fingerprint density at radius 2 is 0.655 bits per heavy atom. The fourth-order valence-electron chi connectivity index (χ4n) is 6.40. The summed E-state index contributed by atoms with van der Waals surface area (Å²) >= 11 is 31.2. The van der Waals surface area contributed by atoms with Crippen LogP contribution in [0.2, 0.25) is 20.1 Å². The standard InChI is InChI=1S/C15H20O3S.C11H11BrO3S.C11H10Cl2O3S.2C11H11ClO3S/c1-10(16)19-13(14(17)18-5)11-6-8-12(9-7-11)15(2,3)4;1-7(13)16-10(11(14)15-2)8-3-5-9(12)6-4-8;1-6(14)17-10(11(15)16-2)7-3-4-8(12)9(13)5-7;1-7(13)16-10(11(14)15-2)8-3-5-9(12)6-4-8;1-7(13)16-10(11(14)15-2)8-4-3-5-9(12)6-8/h6-9,13H,1-5H3;3-6,10H,1-2H3;3-5,10H,1-2H3;2*3-6,10H,1-2H3. The molecule has 0 bridgehead atoms. The van der Waals surface area contributed by atoms with E-state index in [0.29, 0.717) is 36.8 Å². The first-order valence-corrected chi connectivity index (χ1v) is 31.1. The SMILES string of the molecule is COC(=O)C(SC(C)=O)c1ccc(Br)cc1.COC(=O)C(SC(C)=O)c1ccc(C(C)(C)C)cc1.COC(=O)C(SC(C)=O)c1ccc(Cl)c(Cl)c1.COC(=O)C(SC(C)=O)c1ccc(Cl)cc1.COC(=O)C(SC(C)=O)c1cccc(Cl)c1. The number of hydrogen-bond acceptors (Lipinski definition) is 20. The van der Waals surface area contributed by atoms with Gasteiger partial charge in [-0.2, -0.15) is 0 Å². The lowest BCUT2D eigenvalue weighted by molar-refractivity contribution is -0.141. The van der Waals surface area contributed by atoms with Crippen LogP contribution in [0.25, 0.3) is 0 Å². The molecule has 0 heterocycles. The molecule has 25 heteroatoms. The third kappa shape index (κ3) is 29.1. The fourth-order valence-corrected chi connectivity index (χ4v) is 11.4. The fraction of sp³-hybridized carbons (Fsp3) is 0.322. The van der Waals surface area contributed by atoms with Gasteiger partial charge in [0.1, 0.15) is 26.2 Å². The molecule has 0 amide bonds.